The van der Waals surface area contributed by atoms with Crippen LogP contribution in [0.5, 0.6) is 0 Å². The van der Waals surface area contributed by atoms with Crippen LogP contribution in [-0.2, 0) is 27.9 Å². The molecule has 0 spiro atoms. The standard InChI is InChI=1S/C43H74NO8P/c1-3-5-7-9-11-12-13-14-15-18-21-24-28-32-37-49-42(40-52-53(47,48)51-38-36-44)39-50-43(46)35-31-27-23-20-17-16-19-22-26-30-34-41(45)33-29-25-10-8-6-4-2/h6,8,16-17,22-23,25-27,29-30,32,34,37,41-42,45H,3-5,7,9-15,18-21,24,28,31,33,35-36,38-40,44H2,1-2H3,(H,47,48)/b8-6-,17-16-,26-22-,27-23-,29-25-,34-30+,37-32+/t41?,42-/m1/s1. The molecule has 0 aromatic rings. The van der Waals surface area contributed by atoms with Gasteiger partial charge in [0.25, 0.3) is 0 Å². The Morgan fingerprint density at radius 3 is 1.96 bits per heavy atom. The van der Waals surface area contributed by atoms with E-state index in [-0.39, 0.29) is 32.8 Å². The monoisotopic (exact) mass is 764 g/mol. The van der Waals surface area contributed by atoms with Crippen molar-refractivity contribution in [2.24, 2.45) is 5.73 Å². The first-order valence-electron chi connectivity index (χ1n) is 20.2. The number of aliphatic hydroxyl groups excluding tert-OH is 1. The average molecular weight is 764 g/mol. The largest absolute Gasteiger partial charge is 0.492 e. The van der Waals surface area contributed by atoms with Crippen LogP contribution < -0.4 is 5.73 Å². The first kappa shape index (κ1) is 50.5. The van der Waals surface area contributed by atoms with E-state index >= 15 is 0 Å². The van der Waals surface area contributed by atoms with Crippen molar-refractivity contribution in [3.05, 3.63) is 85.3 Å². The molecule has 0 amide bonds. The van der Waals surface area contributed by atoms with Gasteiger partial charge in [0, 0.05) is 13.0 Å². The SMILES string of the molecule is CC/C=C\C/C=C\CC(O)/C=C/C=C\C/C=C\C/C=C\CCC(=O)OC[C@H](COP(=O)(O)OCCN)O/C=C/CCCCCCCCCCCCCC. The van der Waals surface area contributed by atoms with E-state index in [0.717, 1.165) is 38.5 Å². The van der Waals surface area contributed by atoms with E-state index in [2.05, 4.69) is 44.2 Å². The van der Waals surface area contributed by atoms with Gasteiger partial charge in [0.2, 0.25) is 0 Å². The average Bonchev–Trinajstić information content (AvgIpc) is 3.14. The third kappa shape index (κ3) is 39.0. The third-order valence-electron chi connectivity index (χ3n) is 8.01. The lowest BCUT2D eigenvalue weighted by molar-refractivity contribution is -0.147. The Balaban J connectivity index is 4.32. The van der Waals surface area contributed by atoms with Crippen LogP contribution in [0.25, 0.3) is 0 Å². The van der Waals surface area contributed by atoms with Gasteiger partial charge in [-0.15, -0.1) is 0 Å². The summed E-state index contributed by atoms with van der Waals surface area (Å²) in [5.74, 6) is -0.394. The zero-order chi connectivity index (χ0) is 38.9. The fraction of sp³-hybridized carbons (Fsp3) is 0.651. The summed E-state index contributed by atoms with van der Waals surface area (Å²) in [4.78, 5) is 22.2. The zero-order valence-corrected chi connectivity index (χ0v) is 34.0. The van der Waals surface area contributed by atoms with Crippen LogP contribution in [-0.4, -0.2) is 54.5 Å². The lowest BCUT2D eigenvalue weighted by Crippen LogP contribution is -2.25. The highest BCUT2D eigenvalue weighted by atomic mass is 31.2. The van der Waals surface area contributed by atoms with Gasteiger partial charge in [-0.25, -0.2) is 4.57 Å². The molecule has 0 aliphatic rings. The summed E-state index contributed by atoms with van der Waals surface area (Å²) in [6.45, 7) is 3.91. The number of unbranched alkanes of at least 4 members (excludes halogenated alkanes) is 12. The summed E-state index contributed by atoms with van der Waals surface area (Å²) in [5, 5.41) is 9.98. The summed E-state index contributed by atoms with van der Waals surface area (Å²) in [5.41, 5.74) is 5.35. The molecule has 0 heterocycles. The Labute approximate surface area is 322 Å². The zero-order valence-electron chi connectivity index (χ0n) is 33.1. The van der Waals surface area contributed by atoms with E-state index < -0.39 is 26.0 Å². The van der Waals surface area contributed by atoms with Gasteiger partial charge in [0.1, 0.15) is 6.61 Å². The Kier molecular flexibility index (Phi) is 37.3. The van der Waals surface area contributed by atoms with E-state index in [4.69, 9.17) is 24.3 Å². The van der Waals surface area contributed by atoms with Gasteiger partial charge in [-0.2, -0.15) is 0 Å². The Morgan fingerprint density at radius 1 is 0.698 bits per heavy atom. The quantitative estimate of drug-likeness (QED) is 0.0141. The molecule has 0 bridgehead atoms. The predicted molar refractivity (Wildman–Crippen MR) is 220 cm³/mol. The Morgan fingerprint density at radius 2 is 1.30 bits per heavy atom. The molecule has 0 aliphatic carbocycles. The van der Waals surface area contributed by atoms with Crippen LogP contribution in [0, 0.1) is 0 Å². The maximum Gasteiger partial charge on any atom is 0.472 e. The number of nitrogens with two attached hydrogens (primary N) is 1. The Hall–Kier alpha value is -2.52. The van der Waals surface area contributed by atoms with Crippen molar-refractivity contribution in [2.45, 2.75) is 154 Å². The van der Waals surface area contributed by atoms with Gasteiger partial charge in [0.05, 0.1) is 25.6 Å². The summed E-state index contributed by atoms with van der Waals surface area (Å²) in [7, 11) is -4.30. The smallest absolute Gasteiger partial charge is 0.472 e. The predicted octanol–water partition coefficient (Wildman–Crippen LogP) is 11.1. The number of ether oxygens (including phenoxy) is 2. The van der Waals surface area contributed by atoms with Crippen molar-refractivity contribution in [1.82, 2.24) is 0 Å². The van der Waals surface area contributed by atoms with Crippen LogP contribution in [0.15, 0.2) is 85.3 Å². The number of carbonyl (C=O) groups is 1. The minimum atomic E-state index is -4.30. The molecule has 0 radical (unpaired) electrons. The van der Waals surface area contributed by atoms with Gasteiger partial charge < -0.3 is 25.2 Å². The molecule has 10 heteroatoms. The molecular weight excluding hydrogens is 689 g/mol. The lowest BCUT2D eigenvalue weighted by Gasteiger charge is -2.19. The number of esters is 1. The van der Waals surface area contributed by atoms with E-state index in [0.29, 0.717) is 12.8 Å². The van der Waals surface area contributed by atoms with Gasteiger partial charge in [-0.1, -0.05) is 157 Å². The second-order valence-corrected chi connectivity index (χ2v) is 14.5. The maximum atomic E-state index is 12.3. The van der Waals surface area contributed by atoms with Crippen molar-refractivity contribution in [3.63, 3.8) is 0 Å². The van der Waals surface area contributed by atoms with E-state index in [1.54, 1.807) is 12.3 Å². The molecule has 0 aliphatic heterocycles. The van der Waals surface area contributed by atoms with Crippen LogP contribution in [0.3, 0.4) is 0 Å². The number of hydrogen-bond acceptors (Lipinski definition) is 8. The van der Waals surface area contributed by atoms with Gasteiger partial charge in [-0.05, 0) is 57.4 Å². The van der Waals surface area contributed by atoms with Gasteiger partial charge in [0.15, 0.2) is 6.10 Å². The molecule has 2 unspecified atom stereocenters. The normalized spacial score (nSPS) is 15.0. The van der Waals surface area contributed by atoms with Crippen molar-refractivity contribution in [1.29, 1.82) is 0 Å². The number of allylic oxidation sites excluding steroid dienone is 11. The topological polar surface area (TPSA) is 138 Å². The molecule has 0 aromatic carbocycles. The minimum Gasteiger partial charge on any atom is -0.492 e. The molecule has 0 fully saturated rings. The Bertz CT molecular complexity index is 1100. The summed E-state index contributed by atoms with van der Waals surface area (Å²) >= 11 is 0. The van der Waals surface area contributed by atoms with Crippen LogP contribution in [0.4, 0.5) is 0 Å². The van der Waals surface area contributed by atoms with Crippen molar-refractivity contribution < 1.29 is 37.9 Å². The molecule has 3 atom stereocenters. The fourth-order valence-corrected chi connectivity index (χ4v) is 5.74. The molecule has 4 N–H and O–H groups in total. The maximum absolute atomic E-state index is 12.3. The summed E-state index contributed by atoms with van der Waals surface area (Å²) < 4.78 is 33.0. The number of rotatable bonds is 37. The van der Waals surface area contributed by atoms with Crippen molar-refractivity contribution in [3.8, 4) is 0 Å². The number of aliphatic hydroxyl groups is 1. The second-order valence-electron chi connectivity index (χ2n) is 13.0. The van der Waals surface area contributed by atoms with Crippen LogP contribution in [0.1, 0.15) is 142 Å². The summed E-state index contributed by atoms with van der Waals surface area (Å²) in [6.07, 6.45) is 47.4. The molecule has 53 heavy (non-hydrogen) atoms. The highest BCUT2D eigenvalue weighted by molar-refractivity contribution is 7.47. The van der Waals surface area contributed by atoms with Gasteiger partial charge in [-0.3, -0.25) is 13.8 Å². The van der Waals surface area contributed by atoms with Crippen molar-refractivity contribution in [2.75, 3.05) is 26.4 Å². The number of phosphoric ester groups is 1. The first-order valence-corrected chi connectivity index (χ1v) is 21.7. The molecule has 0 saturated carbocycles. The minimum absolute atomic E-state index is 0.0797. The number of hydrogen-bond donors (Lipinski definition) is 3. The van der Waals surface area contributed by atoms with Crippen LogP contribution in [0.2, 0.25) is 0 Å². The lowest BCUT2D eigenvalue weighted by atomic mass is 10.0. The number of carbonyl (C=O) groups excluding carboxylic acids is 1. The number of phosphoric acid groups is 1. The fourth-order valence-electron chi connectivity index (χ4n) is 4.97. The van der Waals surface area contributed by atoms with E-state index in [9.17, 15) is 19.4 Å². The van der Waals surface area contributed by atoms with E-state index in [1.807, 2.05) is 42.5 Å². The third-order valence-corrected chi connectivity index (χ3v) is 8.99. The molecule has 0 saturated heterocycles. The molecule has 0 rings (SSSR count). The first-order chi connectivity index (χ1) is 25.8. The summed E-state index contributed by atoms with van der Waals surface area (Å²) in [6, 6.07) is 0. The molecule has 304 valence electrons. The molecule has 0 aromatic heterocycles. The second kappa shape index (κ2) is 39.2. The highest BCUT2D eigenvalue weighted by Crippen LogP contribution is 2.43. The molecule has 9 nitrogen and oxygen atoms in total. The highest BCUT2D eigenvalue weighted by Gasteiger charge is 2.24. The molecular formula is C43H74NO8P. The van der Waals surface area contributed by atoms with E-state index in [1.165, 1.54) is 70.6 Å². The van der Waals surface area contributed by atoms with Crippen molar-refractivity contribution >= 4 is 13.8 Å². The van der Waals surface area contributed by atoms with Crippen LogP contribution >= 0.6 is 7.82 Å². The van der Waals surface area contributed by atoms with Gasteiger partial charge >= 0.3 is 13.8 Å².